The van der Waals surface area contributed by atoms with Crippen molar-refractivity contribution in [2.75, 3.05) is 19.0 Å². The lowest BCUT2D eigenvalue weighted by molar-refractivity contribution is 0.415. The van der Waals surface area contributed by atoms with Crippen molar-refractivity contribution in [2.45, 2.75) is 19.8 Å². The largest absolute Gasteiger partial charge is 0.497 e. The van der Waals surface area contributed by atoms with Crippen molar-refractivity contribution in [1.29, 1.82) is 0 Å². The standard InChI is InChI=1S/C18H23NO/c1-14(2)18(15-7-5-4-6-8-15)13-19-16-9-11-17(20-3)12-10-16/h4-12,14,18-19H,13H2,1-3H3. The molecule has 0 aliphatic heterocycles. The molecule has 2 aromatic carbocycles. The molecule has 0 amide bonds. The summed E-state index contributed by atoms with van der Waals surface area (Å²) < 4.78 is 5.17. The van der Waals surface area contributed by atoms with E-state index < -0.39 is 0 Å². The third-order valence-corrected chi connectivity index (χ3v) is 3.65. The molecule has 0 spiro atoms. The van der Waals surface area contributed by atoms with E-state index in [0.717, 1.165) is 18.0 Å². The highest BCUT2D eigenvalue weighted by Gasteiger charge is 2.15. The lowest BCUT2D eigenvalue weighted by Crippen LogP contribution is -2.17. The van der Waals surface area contributed by atoms with E-state index in [-0.39, 0.29) is 0 Å². The SMILES string of the molecule is COc1ccc(NCC(c2ccccc2)C(C)C)cc1. The number of ether oxygens (including phenoxy) is 1. The topological polar surface area (TPSA) is 21.3 Å². The van der Waals surface area contributed by atoms with E-state index in [4.69, 9.17) is 4.74 Å². The van der Waals surface area contributed by atoms with E-state index >= 15 is 0 Å². The summed E-state index contributed by atoms with van der Waals surface area (Å²) in [5, 5.41) is 3.52. The van der Waals surface area contributed by atoms with Crippen molar-refractivity contribution in [3.8, 4) is 5.75 Å². The van der Waals surface area contributed by atoms with E-state index in [0.29, 0.717) is 11.8 Å². The zero-order valence-corrected chi connectivity index (χ0v) is 12.5. The fraction of sp³-hybridized carbons (Fsp3) is 0.333. The third-order valence-electron chi connectivity index (χ3n) is 3.65. The second kappa shape index (κ2) is 6.99. The summed E-state index contributed by atoms with van der Waals surface area (Å²) in [7, 11) is 1.69. The van der Waals surface area contributed by atoms with Gasteiger partial charge in [0.15, 0.2) is 0 Å². The number of hydrogen-bond donors (Lipinski definition) is 1. The van der Waals surface area contributed by atoms with Crippen molar-refractivity contribution in [1.82, 2.24) is 0 Å². The molecular weight excluding hydrogens is 246 g/mol. The summed E-state index contributed by atoms with van der Waals surface area (Å²) in [5.41, 5.74) is 2.52. The van der Waals surface area contributed by atoms with Crippen molar-refractivity contribution in [3.05, 3.63) is 60.2 Å². The smallest absolute Gasteiger partial charge is 0.119 e. The van der Waals surface area contributed by atoms with Crippen molar-refractivity contribution < 1.29 is 4.74 Å². The van der Waals surface area contributed by atoms with E-state index in [9.17, 15) is 0 Å². The van der Waals surface area contributed by atoms with Crippen molar-refractivity contribution in [3.63, 3.8) is 0 Å². The minimum absolute atomic E-state index is 0.512. The minimum Gasteiger partial charge on any atom is -0.497 e. The Morgan fingerprint density at radius 3 is 2.15 bits per heavy atom. The lowest BCUT2D eigenvalue weighted by atomic mass is 9.88. The molecule has 2 nitrogen and oxygen atoms in total. The summed E-state index contributed by atoms with van der Waals surface area (Å²) in [5.74, 6) is 2.00. The molecule has 0 aromatic heterocycles. The molecule has 0 bridgehead atoms. The summed E-state index contributed by atoms with van der Waals surface area (Å²) in [4.78, 5) is 0. The number of anilines is 1. The summed E-state index contributed by atoms with van der Waals surface area (Å²) in [6.07, 6.45) is 0. The van der Waals surface area contributed by atoms with Crippen LogP contribution in [-0.2, 0) is 0 Å². The van der Waals surface area contributed by atoms with Crippen LogP contribution in [0.25, 0.3) is 0 Å². The predicted molar refractivity (Wildman–Crippen MR) is 85.5 cm³/mol. The van der Waals surface area contributed by atoms with E-state index in [1.807, 2.05) is 12.1 Å². The highest BCUT2D eigenvalue weighted by Crippen LogP contribution is 2.25. The molecular formula is C18H23NO. The molecule has 20 heavy (non-hydrogen) atoms. The molecule has 0 saturated heterocycles. The van der Waals surface area contributed by atoms with Crippen LogP contribution < -0.4 is 10.1 Å². The van der Waals surface area contributed by atoms with Gasteiger partial charge in [0.2, 0.25) is 0 Å². The Balaban J connectivity index is 2.02. The molecule has 0 fully saturated rings. The Morgan fingerprint density at radius 2 is 1.60 bits per heavy atom. The molecule has 2 aromatic rings. The van der Waals surface area contributed by atoms with Gasteiger partial charge < -0.3 is 10.1 Å². The number of methoxy groups -OCH3 is 1. The lowest BCUT2D eigenvalue weighted by Gasteiger charge is -2.22. The zero-order valence-electron chi connectivity index (χ0n) is 12.5. The maximum Gasteiger partial charge on any atom is 0.119 e. The van der Waals surface area contributed by atoms with Gasteiger partial charge in [-0.2, -0.15) is 0 Å². The molecule has 0 heterocycles. The maximum absolute atomic E-state index is 5.17. The molecule has 2 heteroatoms. The highest BCUT2D eigenvalue weighted by molar-refractivity contribution is 5.46. The molecule has 0 saturated carbocycles. The third kappa shape index (κ3) is 3.77. The van der Waals surface area contributed by atoms with Gasteiger partial charge >= 0.3 is 0 Å². The van der Waals surface area contributed by atoms with Gasteiger partial charge in [0.05, 0.1) is 7.11 Å². The Kier molecular flexibility index (Phi) is 5.05. The van der Waals surface area contributed by atoms with Gasteiger partial charge in [-0.1, -0.05) is 44.2 Å². The fourth-order valence-electron chi connectivity index (χ4n) is 2.38. The van der Waals surface area contributed by atoms with Crippen LogP contribution in [0, 0.1) is 5.92 Å². The second-order valence-corrected chi connectivity index (χ2v) is 5.37. The number of benzene rings is 2. The first-order valence-electron chi connectivity index (χ1n) is 7.13. The van der Waals surface area contributed by atoms with Gasteiger partial charge in [-0.25, -0.2) is 0 Å². The zero-order chi connectivity index (χ0) is 14.4. The van der Waals surface area contributed by atoms with Crippen LogP contribution in [0.15, 0.2) is 54.6 Å². The molecule has 0 aliphatic rings. The van der Waals surface area contributed by atoms with Crippen LogP contribution in [0.4, 0.5) is 5.69 Å². The second-order valence-electron chi connectivity index (χ2n) is 5.37. The minimum atomic E-state index is 0.512. The Bertz CT molecular complexity index is 505. The monoisotopic (exact) mass is 269 g/mol. The molecule has 0 aliphatic carbocycles. The summed E-state index contributed by atoms with van der Waals surface area (Å²) in [6.45, 7) is 5.48. The summed E-state index contributed by atoms with van der Waals surface area (Å²) >= 11 is 0. The first-order chi connectivity index (χ1) is 9.70. The van der Waals surface area contributed by atoms with E-state index in [1.54, 1.807) is 7.11 Å². The van der Waals surface area contributed by atoms with Crippen LogP contribution in [-0.4, -0.2) is 13.7 Å². The fourth-order valence-corrected chi connectivity index (χ4v) is 2.38. The molecule has 106 valence electrons. The highest BCUT2D eigenvalue weighted by atomic mass is 16.5. The van der Waals surface area contributed by atoms with Gasteiger partial charge in [-0.3, -0.25) is 0 Å². The van der Waals surface area contributed by atoms with Gasteiger partial charge in [-0.05, 0) is 35.7 Å². The first kappa shape index (κ1) is 14.4. The first-order valence-corrected chi connectivity index (χ1v) is 7.13. The van der Waals surface area contributed by atoms with Gasteiger partial charge in [0.1, 0.15) is 5.75 Å². The maximum atomic E-state index is 5.17. The summed E-state index contributed by atoms with van der Waals surface area (Å²) in [6, 6.07) is 18.8. The van der Waals surface area contributed by atoms with Crippen LogP contribution in [0.1, 0.15) is 25.3 Å². The van der Waals surface area contributed by atoms with Gasteiger partial charge in [0, 0.05) is 18.2 Å². The van der Waals surface area contributed by atoms with Crippen molar-refractivity contribution in [2.24, 2.45) is 5.92 Å². The number of rotatable bonds is 6. The van der Waals surface area contributed by atoms with Crippen LogP contribution in [0.3, 0.4) is 0 Å². The van der Waals surface area contributed by atoms with Gasteiger partial charge in [-0.15, -0.1) is 0 Å². The van der Waals surface area contributed by atoms with Crippen LogP contribution in [0.5, 0.6) is 5.75 Å². The Labute approximate surface area is 121 Å². The molecule has 2 rings (SSSR count). The molecule has 0 radical (unpaired) electrons. The Hall–Kier alpha value is -1.96. The van der Waals surface area contributed by atoms with Crippen LogP contribution >= 0.6 is 0 Å². The average Bonchev–Trinajstić information content (AvgIpc) is 2.49. The molecule has 1 N–H and O–H groups in total. The quantitative estimate of drug-likeness (QED) is 0.831. The Morgan fingerprint density at radius 1 is 0.950 bits per heavy atom. The van der Waals surface area contributed by atoms with Gasteiger partial charge in [0.25, 0.3) is 0 Å². The average molecular weight is 269 g/mol. The molecule has 1 unspecified atom stereocenters. The number of hydrogen-bond acceptors (Lipinski definition) is 2. The predicted octanol–water partition coefficient (Wildman–Crippen LogP) is 4.55. The van der Waals surface area contributed by atoms with Crippen LogP contribution in [0.2, 0.25) is 0 Å². The van der Waals surface area contributed by atoms with E-state index in [1.165, 1.54) is 5.56 Å². The van der Waals surface area contributed by atoms with E-state index in [2.05, 4.69) is 61.6 Å². The normalized spacial score (nSPS) is 12.2. The molecule has 1 atom stereocenters. The van der Waals surface area contributed by atoms with Crippen molar-refractivity contribution >= 4 is 5.69 Å². The number of nitrogens with one attached hydrogen (secondary N) is 1.